The first-order valence-electron chi connectivity index (χ1n) is 13.9. The number of hydrogen-bond acceptors (Lipinski definition) is 5. The monoisotopic (exact) mass is 519 g/mol. The molecule has 6 rings (SSSR count). The quantitative estimate of drug-likeness (QED) is 0.364. The van der Waals surface area contributed by atoms with Crippen LogP contribution in [0.25, 0.3) is 11.1 Å². The van der Waals surface area contributed by atoms with Gasteiger partial charge in [0.1, 0.15) is 17.8 Å². The number of allylic oxidation sites excluding steroid dienone is 2. The third kappa shape index (κ3) is 5.06. The van der Waals surface area contributed by atoms with Crippen molar-refractivity contribution in [2.75, 3.05) is 0 Å². The first-order valence-corrected chi connectivity index (χ1v) is 13.9. The van der Waals surface area contributed by atoms with Gasteiger partial charge in [0.25, 0.3) is 0 Å². The minimum absolute atomic E-state index is 0.0108. The highest BCUT2D eigenvalue weighted by molar-refractivity contribution is 6.09. The van der Waals surface area contributed by atoms with Gasteiger partial charge in [-0.2, -0.15) is 0 Å². The summed E-state index contributed by atoms with van der Waals surface area (Å²) in [6, 6.07) is 25.6. The molecule has 2 aliphatic carbocycles. The second kappa shape index (κ2) is 10.6. The number of phenols is 1. The van der Waals surface area contributed by atoms with Crippen molar-refractivity contribution in [2.24, 2.45) is 10.9 Å². The molecule has 3 aromatic rings. The Morgan fingerprint density at radius 1 is 0.872 bits per heavy atom. The van der Waals surface area contributed by atoms with Crippen molar-refractivity contribution in [1.82, 2.24) is 0 Å². The Hall–Kier alpha value is -3.99. The molecule has 0 spiro atoms. The number of Topliss-reactive ketones (excluding diaryl/α,β-unsaturated/α-hetero) is 1. The first-order chi connectivity index (χ1) is 19.0. The molecular formula is C34H33NO4. The van der Waals surface area contributed by atoms with Gasteiger partial charge >= 0.3 is 5.97 Å². The van der Waals surface area contributed by atoms with Crippen molar-refractivity contribution in [3.8, 4) is 16.9 Å². The van der Waals surface area contributed by atoms with Crippen LogP contribution in [0.5, 0.6) is 5.75 Å². The van der Waals surface area contributed by atoms with E-state index in [1.807, 2.05) is 31.2 Å². The number of carbonyl (C=O) groups is 2. The van der Waals surface area contributed by atoms with Crippen molar-refractivity contribution < 1.29 is 19.4 Å². The number of aromatic hydroxyl groups is 1. The van der Waals surface area contributed by atoms with Gasteiger partial charge < -0.3 is 9.84 Å². The van der Waals surface area contributed by atoms with E-state index >= 15 is 0 Å². The summed E-state index contributed by atoms with van der Waals surface area (Å²) in [5.74, 6) is -1.39. The summed E-state index contributed by atoms with van der Waals surface area (Å²) in [5, 5.41) is 10.3. The van der Waals surface area contributed by atoms with Crippen molar-refractivity contribution in [3.05, 3.63) is 101 Å². The number of benzene rings is 3. The molecule has 3 aromatic carbocycles. The Morgan fingerprint density at radius 3 is 2.31 bits per heavy atom. The van der Waals surface area contributed by atoms with Crippen LogP contribution in [0.2, 0.25) is 0 Å². The lowest BCUT2D eigenvalue weighted by atomic mass is 9.69. The molecule has 198 valence electrons. The summed E-state index contributed by atoms with van der Waals surface area (Å²) >= 11 is 0. The average Bonchev–Trinajstić information content (AvgIpc) is 3.45. The Kier molecular flexibility index (Phi) is 6.90. The number of phenolic OH excluding ortho intramolecular Hbond substituents is 1. The molecule has 3 aliphatic rings. The van der Waals surface area contributed by atoms with E-state index in [-0.39, 0.29) is 29.5 Å². The Bertz CT molecular complexity index is 1450. The smallest absolute Gasteiger partial charge is 0.315 e. The van der Waals surface area contributed by atoms with Crippen molar-refractivity contribution in [2.45, 2.75) is 63.4 Å². The van der Waals surface area contributed by atoms with Crippen molar-refractivity contribution in [1.29, 1.82) is 0 Å². The fraction of sp³-hybridized carbons (Fsp3) is 0.324. The molecule has 0 amide bonds. The summed E-state index contributed by atoms with van der Waals surface area (Å²) in [6.45, 7) is 1.86. The number of nitrogens with zero attached hydrogens (tertiary/aromatic N) is 1. The Balaban J connectivity index is 1.33. The topological polar surface area (TPSA) is 76.0 Å². The number of carbonyl (C=O) groups excluding carboxylic acids is 2. The minimum Gasteiger partial charge on any atom is -0.508 e. The standard InChI is InChI=1S/C34H33NO4/c1-21-31(34(38)39-28-12-5-6-13-28)32(25-10-7-11-27(36)18-25)33-29(35-21)19-26(20-30(33)37)24-16-14-23(15-17-24)22-8-3-2-4-9-22/h2-4,7-11,14-18,26,28,31-32,36H,5-6,12-13,19-20H2,1H3. The maximum atomic E-state index is 13.8. The lowest BCUT2D eigenvalue weighted by Crippen LogP contribution is -2.39. The Morgan fingerprint density at radius 2 is 1.59 bits per heavy atom. The predicted molar refractivity (Wildman–Crippen MR) is 152 cm³/mol. The molecular weight excluding hydrogens is 486 g/mol. The third-order valence-corrected chi connectivity index (χ3v) is 8.45. The second-order valence-electron chi connectivity index (χ2n) is 11.0. The number of rotatable bonds is 5. The van der Waals surface area contributed by atoms with E-state index in [9.17, 15) is 14.7 Å². The van der Waals surface area contributed by atoms with Crippen molar-refractivity contribution in [3.63, 3.8) is 0 Å². The third-order valence-electron chi connectivity index (χ3n) is 8.45. The van der Waals surface area contributed by atoms with E-state index in [0.717, 1.165) is 53.6 Å². The van der Waals surface area contributed by atoms with Gasteiger partial charge in [-0.05, 0) is 79.3 Å². The number of hydrogen-bond donors (Lipinski definition) is 1. The van der Waals surface area contributed by atoms with Crippen LogP contribution in [-0.2, 0) is 14.3 Å². The highest BCUT2D eigenvalue weighted by atomic mass is 16.5. The molecule has 0 bridgehead atoms. The highest BCUT2D eigenvalue weighted by Crippen LogP contribution is 2.47. The van der Waals surface area contributed by atoms with Crippen LogP contribution in [0, 0.1) is 5.92 Å². The number of esters is 1. The zero-order chi connectivity index (χ0) is 26.9. The lowest BCUT2D eigenvalue weighted by Gasteiger charge is -2.37. The molecule has 0 aromatic heterocycles. The lowest BCUT2D eigenvalue weighted by molar-refractivity contribution is -0.151. The van der Waals surface area contributed by atoms with Gasteiger partial charge in [-0.15, -0.1) is 0 Å². The summed E-state index contributed by atoms with van der Waals surface area (Å²) in [5.41, 5.74) is 6.16. The van der Waals surface area contributed by atoms with Gasteiger partial charge in [0, 0.05) is 29.3 Å². The summed E-state index contributed by atoms with van der Waals surface area (Å²) in [6.07, 6.45) is 4.79. The van der Waals surface area contributed by atoms with E-state index in [1.165, 1.54) is 0 Å². The molecule has 39 heavy (non-hydrogen) atoms. The molecule has 5 heteroatoms. The van der Waals surface area contributed by atoms with E-state index in [2.05, 4.69) is 36.4 Å². The highest BCUT2D eigenvalue weighted by Gasteiger charge is 2.45. The maximum absolute atomic E-state index is 13.8. The van der Waals surface area contributed by atoms with Crippen molar-refractivity contribution >= 4 is 17.5 Å². The summed E-state index contributed by atoms with van der Waals surface area (Å²) in [7, 11) is 0. The van der Waals surface area contributed by atoms with Crippen LogP contribution >= 0.6 is 0 Å². The molecule has 3 atom stereocenters. The number of ketones is 1. The maximum Gasteiger partial charge on any atom is 0.315 e. The van der Waals surface area contributed by atoms with Gasteiger partial charge in [0.2, 0.25) is 0 Å². The van der Waals surface area contributed by atoms with Gasteiger partial charge in [-0.25, -0.2) is 0 Å². The minimum atomic E-state index is -0.684. The predicted octanol–water partition coefficient (Wildman–Crippen LogP) is 7.12. The number of aliphatic imine (C=N–C) groups is 1. The molecule has 1 N–H and O–H groups in total. The zero-order valence-electron chi connectivity index (χ0n) is 22.2. The van der Waals surface area contributed by atoms with Crippen LogP contribution in [0.4, 0.5) is 0 Å². The largest absolute Gasteiger partial charge is 0.508 e. The number of ether oxygens (including phenoxy) is 1. The van der Waals surface area contributed by atoms with Crippen LogP contribution < -0.4 is 0 Å². The summed E-state index contributed by atoms with van der Waals surface area (Å²) < 4.78 is 5.94. The van der Waals surface area contributed by atoms with Gasteiger partial charge in [-0.3, -0.25) is 14.6 Å². The van der Waals surface area contributed by atoms with Crippen LogP contribution in [0.15, 0.2) is 95.1 Å². The van der Waals surface area contributed by atoms with Gasteiger partial charge in [0.15, 0.2) is 5.78 Å². The van der Waals surface area contributed by atoms with E-state index in [1.54, 1.807) is 18.2 Å². The first kappa shape index (κ1) is 25.3. The average molecular weight is 520 g/mol. The fourth-order valence-corrected chi connectivity index (χ4v) is 6.50. The Labute approximate surface area is 229 Å². The molecule has 0 saturated heterocycles. The van der Waals surface area contributed by atoms with Gasteiger partial charge in [0.05, 0.1) is 0 Å². The fourth-order valence-electron chi connectivity index (χ4n) is 6.50. The normalized spacial score (nSPS) is 23.4. The van der Waals surface area contributed by atoms with Gasteiger partial charge in [-0.1, -0.05) is 66.7 Å². The molecule has 1 heterocycles. The van der Waals surface area contributed by atoms with Crippen LogP contribution in [0.3, 0.4) is 0 Å². The molecule has 1 saturated carbocycles. The molecule has 1 aliphatic heterocycles. The SMILES string of the molecule is CC1=NC2=C(C(=O)CC(c3ccc(-c4ccccc4)cc3)C2)C(c2cccc(O)c2)C1C(=O)OC1CCCC1. The van der Waals surface area contributed by atoms with Crippen LogP contribution in [-0.4, -0.2) is 28.7 Å². The van der Waals surface area contributed by atoms with Crippen LogP contribution in [0.1, 0.15) is 68.4 Å². The second-order valence-corrected chi connectivity index (χ2v) is 11.0. The summed E-state index contributed by atoms with van der Waals surface area (Å²) in [4.78, 5) is 32.3. The van der Waals surface area contributed by atoms with E-state index < -0.39 is 11.8 Å². The molecule has 0 radical (unpaired) electrons. The van der Waals surface area contributed by atoms with E-state index in [0.29, 0.717) is 24.1 Å². The van der Waals surface area contributed by atoms with E-state index in [4.69, 9.17) is 9.73 Å². The molecule has 5 nitrogen and oxygen atoms in total. The zero-order valence-corrected chi connectivity index (χ0v) is 22.2. The molecule has 3 unspecified atom stereocenters. The molecule has 1 fully saturated rings.